The first-order chi connectivity index (χ1) is 15.0. The van der Waals surface area contributed by atoms with Gasteiger partial charge in [0.2, 0.25) is 0 Å². The Morgan fingerprint density at radius 2 is 1.42 bits per heavy atom. The van der Waals surface area contributed by atoms with Crippen LogP contribution in [0.4, 0.5) is 0 Å². The van der Waals surface area contributed by atoms with E-state index in [1.54, 1.807) is 24.3 Å². The Morgan fingerprint density at radius 1 is 0.871 bits per heavy atom. The standard InChI is InChI=1S/C26H26O5/c1-3-17-12-19-7-5-9-24(26(19)22(29)13-17)31-15-20(27)14-30-23-8-4-6-18-10-16(2)11-21(28)25(18)23/h4-9,11,13,20,27H,3,10,12,14-15H2,1-2H3. The number of ketones is 2. The summed E-state index contributed by atoms with van der Waals surface area (Å²) in [5.41, 5.74) is 5.13. The van der Waals surface area contributed by atoms with Crippen LogP contribution in [-0.2, 0) is 12.8 Å². The smallest absolute Gasteiger partial charge is 0.189 e. The summed E-state index contributed by atoms with van der Waals surface area (Å²) >= 11 is 0. The summed E-state index contributed by atoms with van der Waals surface area (Å²) in [5, 5.41) is 10.4. The normalized spacial score (nSPS) is 16.1. The predicted molar refractivity (Wildman–Crippen MR) is 118 cm³/mol. The third-order valence-electron chi connectivity index (χ3n) is 5.63. The number of aliphatic hydroxyl groups is 1. The molecule has 1 unspecified atom stereocenters. The molecule has 2 aliphatic carbocycles. The summed E-state index contributed by atoms with van der Waals surface area (Å²) in [6, 6.07) is 11.1. The average Bonchev–Trinajstić information content (AvgIpc) is 2.75. The highest BCUT2D eigenvalue weighted by Gasteiger charge is 2.23. The number of aliphatic hydroxyl groups excluding tert-OH is 1. The molecule has 0 fully saturated rings. The van der Waals surface area contributed by atoms with Crippen LogP contribution in [0.15, 0.2) is 59.7 Å². The molecule has 5 heteroatoms. The largest absolute Gasteiger partial charge is 0.490 e. The second-order valence-electron chi connectivity index (χ2n) is 8.09. The molecule has 1 N–H and O–H groups in total. The van der Waals surface area contributed by atoms with Crippen molar-refractivity contribution in [3.05, 3.63) is 82.0 Å². The lowest BCUT2D eigenvalue weighted by Gasteiger charge is -2.21. The third kappa shape index (κ3) is 4.47. The zero-order chi connectivity index (χ0) is 22.0. The molecule has 31 heavy (non-hydrogen) atoms. The summed E-state index contributed by atoms with van der Waals surface area (Å²) in [7, 11) is 0. The van der Waals surface area contributed by atoms with Crippen LogP contribution >= 0.6 is 0 Å². The topological polar surface area (TPSA) is 72.8 Å². The van der Waals surface area contributed by atoms with Crippen LogP contribution in [0.2, 0.25) is 0 Å². The maximum Gasteiger partial charge on any atom is 0.189 e. The van der Waals surface area contributed by atoms with E-state index in [0.717, 1.165) is 35.1 Å². The molecule has 5 nitrogen and oxygen atoms in total. The Hall–Kier alpha value is -3.18. The molecule has 0 spiro atoms. The molecular weight excluding hydrogens is 392 g/mol. The molecule has 0 saturated carbocycles. The van der Waals surface area contributed by atoms with E-state index >= 15 is 0 Å². The van der Waals surface area contributed by atoms with Gasteiger partial charge in [-0.15, -0.1) is 0 Å². The minimum atomic E-state index is -0.914. The molecule has 0 aromatic heterocycles. The SMILES string of the molecule is CCC1=CC(=O)c2c(cccc2OCC(O)COc2cccc3c2C(=O)C=C(C)C3)C1. The zero-order valence-corrected chi connectivity index (χ0v) is 17.8. The molecule has 0 aliphatic heterocycles. The van der Waals surface area contributed by atoms with Gasteiger partial charge >= 0.3 is 0 Å². The number of allylic oxidation sites excluding steroid dienone is 4. The molecule has 0 heterocycles. The van der Waals surface area contributed by atoms with E-state index < -0.39 is 6.10 Å². The second-order valence-corrected chi connectivity index (χ2v) is 8.09. The van der Waals surface area contributed by atoms with Crippen LogP contribution in [-0.4, -0.2) is 36.0 Å². The molecule has 0 saturated heterocycles. The fourth-order valence-corrected chi connectivity index (χ4v) is 4.10. The van der Waals surface area contributed by atoms with Gasteiger partial charge < -0.3 is 14.6 Å². The van der Waals surface area contributed by atoms with E-state index in [0.29, 0.717) is 29.0 Å². The third-order valence-corrected chi connectivity index (χ3v) is 5.63. The van der Waals surface area contributed by atoms with Crippen LogP contribution in [0.5, 0.6) is 11.5 Å². The maximum atomic E-state index is 12.5. The monoisotopic (exact) mass is 418 g/mol. The van der Waals surface area contributed by atoms with E-state index in [2.05, 4.69) is 0 Å². The first-order valence-corrected chi connectivity index (χ1v) is 10.6. The molecule has 1 atom stereocenters. The van der Waals surface area contributed by atoms with Crippen molar-refractivity contribution in [2.75, 3.05) is 13.2 Å². The van der Waals surface area contributed by atoms with E-state index in [1.807, 2.05) is 38.1 Å². The minimum Gasteiger partial charge on any atom is -0.490 e. The summed E-state index contributed by atoms with van der Waals surface area (Å²) in [6.07, 6.45) is 4.69. The average molecular weight is 418 g/mol. The Kier molecular flexibility index (Phi) is 6.05. The Morgan fingerprint density at radius 3 is 2.00 bits per heavy atom. The molecule has 4 rings (SSSR count). The number of hydrogen-bond acceptors (Lipinski definition) is 5. The van der Waals surface area contributed by atoms with Gasteiger partial charge in [0, 0.05) is 0 Å². The molecule has 2 aliphatic rings. The lowest BCUT2D eigenvalue weighted by Crippen LogP contribution is -2.26. The number of carbonyl (C=O) groups excluding carboxylic acids is 2. The van der Waals surface area contributed by atoms with Crippen molar-refractivity contribution in [2.24, 2.45) is 0 Å². The van der Waals surface area contributed by atoms with Crippen LogP contribution in [0.25, 0.3) is 0 Å². The highest BCUT2D eigenvalue weighted by Crippen LogP contribution is 2.31. The lowest BCUT2D eigenvalue weighted by atomic mass is 9.89. The van der Waals surface area contributed by atoms with Gasteiger partial charge in [-0.25, -0.2) is 0 Å². The molecule has 0 radical (unpaired) electrons. The molecule has 160 valence electrons. The summed E-state index contributed by atoms with van der Waals surface area (Å²) < 4.78 is 11.6. The summed E-state index contributed by atoms with van der Waals surface area (Å²) in [6.45, 7) is 3.93. The number of benzene rings is 2. The fraction of sp³-hybridized carbons (Fsp3) is 0.308. The molecule has 2 aromatic rings. The van der Waals surface area contributed by atoms with Crippen LogP contribution in [0.1, 0.15) is 52.1 Å². The number of rotatable bonds is 7. The first kappa shape index (κ1) is 21.1. The fourth-order valence-electron chi connectivity index (χ4n) is 4.10. The maximum absolute atomic E-state index is 12.5. The van der Waals surface area contributed by atoms with Gasteiger partial charge in [0.15, 0.2) is 11.6 Å². The molecule has 0 amide bonds. The van der Waals surface area contributed by atoms with Gasteiger partial charge in [0.05, 0.1) is 11.1 Å². The van der Waals surface area contributed by atoms with Gasteiger partial charge in [0.25, 0.3) is 0 Å². The summed E-state index contributed by atoms with van der Waals surface area (Å²) in [4.78, 5) is 24.9. The first-order valence-electron chi connectivity index (χ1n) is 10.6. The number of carbonyl (C=O) groups is 2. The van der Waals surface area contributed by atoms with Gasteiger partial charge in [0.1, 0.15) is 30.8 Å². The van der Waals surface area contributed by atoms with Gasteiger partial charge in [-0.3, -0.25) is 9.59 Å². The van der Waals surface area contributed by atoms with Crippen LogP contribution in [0, 0.1) is 0 Å². The van der Waals surface area contributed by atoms with Crippen LogP contribution < -0.4 is 9.47 Å². The Balaban J connectivity index is 1.40. The minimum absolute atomic E-state index is 0.0178. The number of ether oxygens (including phenoxy) is 2. The van der Waals surface area contributed by atoms with Gasteiger partial charge in [-0.2, -0.15) is 0 Å². The quantitative estimate of drug-likeness (QED) is 0.727. The second kappa shape index (κ2) is 8.90. The lowest BCUT2D eigenvalue weighted by molar-refractivity contribution is 0.0615. The van der Waals surface area contributed by atoms with E-state index in [1.165, 1.54) is 0 Å². The van der Waals surface area contributed by atoms with Crippen molar-refractivity contribution < 1.29 is 24.2 Å². The van der Waals surface area contributed by atoms with Crippen molar-refractivity contribution >= 4 is 11.6 Å². The highest BCUT2D eigenvalue weighted by molar-refractivity contribution is 6.09. The van der Waals surface area contributed by atoms with E-state index in [9.17, 15) is 14.7 Å². The van der Waals surface area contributed by atoms with Crippen molar-refractivity contribution in [2.45, 2.75) is 39.2 Å². The number of fused-ring (bicyclic) bond motifs is 2. The van der Waals surface area contributed by atoms with Crippen molar-refractivity contribution in [3.8, 4) is 11.5 Å². The van der Waals surface area contributed by atoms with Crippen molar-refractivity contribution in [3.63, 3.8) is 0 Å². The number of hydrogen-bond donors (Lipinski definition) is 1. The molecule has 0 bridgehead atoms. The van der Waals surface area contributed by atoms with Gasteiger partial charge in [-0.1, -0.05) is 42.3 Å². The van der Waals surface area contributed by atoms with Crippen molar-refractivity contribution in [1.82, 2.24) is 0 Å². The molecular formula is C26H26O5. The Labute approximate surface area is 182 Å². The van der Waals surface area contributed by atoms with Crippen LogP contribution in [0.3, 0.4) is 0 Å². The predicted octanol–water partition coefficient (Wildman–Crippen LogP) is 4.27. The van der Waals surface area contributed by atoms with E-state index in [4.69, 9.17) is 9.47 Å². The van der Waals surface area contributed by atoms with Gasteiger partial charge in [-0.05, 0) is 61.6 Å². The van der Waals surface area contributed by atoms with E-state index in [-0.39, 0.29) is 24.8 Å². The Bertz CT molecular complexity index is 1090. The summed E-state index contributed by atoms with van der Waals surface area (Å²) in [5.74, 6) is 0.807. The zero-order valence-electron chi connectivity index (χ0n) is 17.8. The van der Waals surface area contributed by atoms with Crippen molar-refractivity contribution in [1.29, 1.82) is 0 Å². The molecule has 2 aromatic carbocycles. The highest BCUT2D eigenvalue weighted by atomic mass is 16.5.